The van der Waals surface area contributed by atoms with Gasteiger partial charge in [0.15, 0.2) is 0 Å². The van der Waals surface area contributed by atoms with Crippen LogP contribution in [-0.4, -0.2) is 11.9 Å². The fourth-order valence-electron chi connectivity index (χ4n) is 1.86. The van der Waals surface area contributed by atoms with Crippen molar-refractivity contribution in [3.63, 3.8) is 0 Å². The topological polar surface area (TPSA) is 52.6 Å². The predicted molar refractivity (Wildman–Crippen MR) is 93.4 cm³/mol. The summed E-state index contributed by atoms with van der Waals surface area (Å²) in [6, 6.07) is 10.8. The average Bonchev–Trinajstić information content (AvgIpc) is 2.62. The summed E-state index contributed by atoms with van der Waals surface area (Å²) < 4.78 is 23.8. The summed E-state index contributed by atoms with van der Waals surface area (Å²) in [6.45, 7) is 6.59. The van der Waals surface area contributed by atoms with Crippen molar-refractivity contribution < 1.29 is 23.5 Å². The maximum Gasteiger partial charge on any atom is 0.335 e. The Morgan fingerprint density at radius 3 is 1.96 bits per heavy atom. The zero-order valence-electron chi connectivity index (χ0n) is 13.3. The fraction of sp³-hybridized carbons (Fsp3) is 0. The molecule has 0 unspecified atom stereocenters. The third kappa shape index (κ3) is 5.28. The van der Waals surface area contributed by atoms with Crippen LogP contribution in [0.3, 0.4) is 0 Å². The maximum atomic E-state index is 14.0. The van der Waals surface area contributed by atoms with Gasteiger partial charge < -0.3 is 9.47 Å². The molecule has 0 atom stereocenters. The zero-order chi connectivity index (χ0) is 18.2. The highest BCUT2D eigenvalue weighted by atomic mass is 19.1. The van der Waals surface area contributed by atoms with Crippen molar-refractivity contribution in [3.8, 4) is 11.5 Å². The minimum atomic E-state index is -0.653. The van der Waals surface area contributed by atoms with Crippen LogP contribution >= 0.6 is 0 Å². The third-order valence-electron chi connectivity index (χ3n) is 3.08. The Morgan fingerprint density at radius 2 is 1.40 bits per heavy atom. The molecule has 0 aliphatic heterocycles. The molecule has 2 aromatic rings. The number of carbonyl (C=O) groups excluding carboxylic acids is 2. The quantitative estimate of drug-likeness (QED) is 0.343. The molecule has 0 aliphatic rings. The predicted octanol–water partition coefficient (Wildman–Crippen LogP) is 4.18. The Morgan fingerprint density at radius 1 is 0.840 bits per heavy atom. The summed E-state index contributed by atoms with van der Waals surface area (Å²) in [7, 11) is 0. The highest BCUT2D eigenvalue weighted by molar-refractivity contribution is 5.84. The first-order valence-electron chi connectivity index (χ1n) is 7.28. The van der Waals surface area contributed by atoms with Gasteiger partial charge in [-0.2, -0.15) is 0 Å². The van der Waals surface area contributed by atoms with Crippen LogP contribution in [0.25, 0.3) is 12.2 Å². The van der Waals surface area contributed by atoms with Crippen LogP contribution in [0, 0.1) is 5.82 Å². The number of carbonyl (C=O) groups is 2. The number of benzene rings is 2. The summed E-state index contributed by atoms with van der Waals surface area (Å²) in [5.41, 5.74) is 1.13. The van der Waals surface area contributed by atoms with E-state index in [1.807, 2.05) is 0 Å². The second kappa shape index (κ2) is 8.40. The van der Waals surface area contributed by atoms with Gasteiger partial charge in [0.1, 0.15) is 17.3 Å². The lowest BCUT2D eigenvalue weighted by Crippen LogP contribution is -2.03. The van der Waals surface area contributed by atoms with Crippen molar-refractivity contribution >= 4 is 24.1 Å². The molecule has 4 nitrogen and oxygen atoms in total. The van der Waals surface area contributed by atoms with Gasteiger partial charge in [0.05, 0.1) is 0 Å². The standard InChI is InChI=1S/C20H15FO4/c1-3-19(22)24-16-10-6-14(7-11-16)5-8-15-9-12-17(13-18(15)21)25-20(23)4-2/h3-13H,1-2H2/b8-5+. The molecule has 0 N–H and O–H groups in total. The van der Waals surface area contributed by atoms with Crippen molar-refractivity contribution in [1.29, 1.82) is 0 Å². The van der Waals surface area contributed by atoms with E-state index in [-0.39, 0.29) is 5.75 Å². The normalized spacial score (nSPS) is 10.3. The van der Waals surface area contributed by atoms with Gasteiger partial charge >= 0.3 is 11.9 Å². The fourth-order valence-corrected chi connectivity index (χ4v) is 1.86. The number of hydrogen-bond donors (Lipinski definition) is 0. The number of halogens is 1. The van der Waals surface area contributed by atoms with Gasteiger partial charge in [-0.05, 0) is 29.8 Å². The van der Waals surface area contributed by atoms with E-state index in [9.17, 15) is 14.0 Å². The van der Waals surface area contributed by atoms with E-state index in [0.29, 0.717) is 11.3 Å². The zero-order valence-corrected chi connectivity index (χ0v) is 13.3. The molecule has 5 heteroatoms. The molecule has 2 rings (SSSR count). The molecular weight excluding hydrogens is 323 g/mol. The van der Waals surface area contributed by atoms with Crippen molar-refractivity contribution in [2.45, 2.75) is 0 Å². The first-order chi connectivity index (χ1) is 12.0. The van der Waals surface area contributed by atoms with Crippen LogP contribution in [0.2, 0.25) is 0 Å². The Bertz CT molecular complexity index is 835. The second-order valence-electron chi connectivity index (χ2n) is 4.84. The molecule has 0 heterocycles. The van der Waals surface area contributed by atoms with Gasteiger partial charge in [0.2, 0.25) is 0 Å². The molecule has 126 valence electrons. The van der Waals surface area contributed by atoms with Crippen LogP contribution in [-0.2, 0) is 9.59 Å². The van der Waals surface area contributed by atoms with Crippen LogP contribution in [0.15, 0.2) is 67.8 Å². The number of rotatable bonds is 6. The van der Waals surface area contributed by atoms with E-state index in [1.165, 1.54) is 12.1 Å². The largest absolute Gasteiger partial charge is 0.423 e. The Hall–Kier alpha value is -3.47. The molecule has 25 heavy (non-hydrogen) atoms. The Kier molecular flexibility index (Phi) is 6.01. The van der Waals surface area contributed by atoms with E-state index in [2.05, 4.69) is 13.2 Å². The van der Waals surface area contributed by atoms with Gasteiger partial charge in [-0.3, -0.25) is 0 Å². The van der Waals surface area contributed by atoms with Crippen molar-refractivity contribution in [2.24, 2.45) is 0 Å². The van der Waals surface area contributed by atoms with Gasteiger partial charge in [-0.25, -0.2) is 14.0 Å². The van der Waals surface area contributed by atoms with Gasteiger partial charge in [-0.15, -0.1) is 0 Å². The lowest BCUT2D eigenvalue weighted by atomic mass is 10.1. The average molecular weight is 338 g/mol. The van der Waals surface area contributed by atoms with E-state index < -0.39 is 17.8 Å². The van der Waals surface area contributed by atoms with Crippen LogP contribution in [0.4, 0.5) is 4.39 Å². The Balaban J connectivity index is 2.08. The van der Waals surface area contributed by atoms with Gasteiger partial charge in [0.25, 0.3) is 0 Å². The molecule has 0 saturated carbocycles. The highest BCUT2D eigenvalue weighted by Gasteiger charge is 2.05. The summed E-state index contributed by atoms with van der Waals surface area (Å²) in [5, 5.41) is 0. The molecule has 0 fully saturated rings. The molecule has 0 amide bonds. The van der Waals surface area contributed by atoms with Crippen LogP contribution in [0.1, 0.15) is 11.1 Å². The summed E-state index contributed by atoms with van der Waals surface area (Å²) in [5.74, 6) is -1.22. The van der Waals surface area contributed by atoms with E-state index in [1.54, 1.807) is 36.4 Å². The smallest absolute Gasteiger partial charge is 0.335 e. The van der Waals surface area contributed by atoms with Crippen molar-refractivity contribution in [2.75, 3.05) is 0 Å². The third-order valence-corrected chi connectivity index (χ3v) is 3.08. The first-order valence-corrected chi connectivity index (χ1v) is 7.28. The van der Waals surface area contributed by atoms with Crippen molar-refractivity contribution in [1.82, 2.24) is 0 Å². The van der Waals surface area contributed by atoms with E-state index in [4.69, 9.17) is 9.47 Å². The molecule has 0 radical (unpaired) electrons. The summed E-state index contributed by atoms with van der Waals surface area (Å²) >= 11 is 0. The number of hydrogen-bond acceptors (Lipinski definition) is 4. The Labute approximate surface area is 144 Å². The number of ether oxygens (including phenoxy) is 2. The lowest BCUT2D eigenvalue weighted by molar-refractivity contribution is -0.129. The minimum absolute atomic E-state index is 0.105. The second-order valence-corrected chi connectivity index (χ2v) is 4.84. The van der Waals surface area contributed by atoms with Crippen LogP contribution in [0.5, 0.6) is 11.5 Å². The molecule has 2 aromatic carbocycles. The lowest BCUT2D eigenvalue weighted by Gasteiger charge is -2.03. The maximum absolute atomic E-state index is 14.0. The van der Waals surface area contributed by atoms with E-state index >= 15 is 0 Å². The van der Waals surface area contributed by atoms with Crippen LogP contribution < -0.4 is 9.47 Å². The monoisotopic (exact) mass is 338 g/mol. The summed E-state index contributed by atoms with van der Waals surface area (Å²) in [6.07, 6.45) is 5.36. The van der Waals surface area contributed by atoms with Gasteiger partial charge in [-0.1, -0.05) is 37.4 Å². The molecule has 0 bridgehead atoms. The summed E-state index contributed by atoms with van der Waals surface area (Å²) in [4.78, 5) is 22.2. The molecule has 0 spiro atoms. The first kappa shape index (κ1) is 17.9. The molecular formula is C20H15FO4. The minimum Gasteiger partial charge on any atom is -0.423 e. The van der Waals surface area contributed by atoms with Gasteiger partial charge in [0, 0.05) is 23.8 Å². The molecule has 0 aliphatic carbocycles. The van der Waals surface area contributed by atoms with Crippen molar-refractivity contribution in [3.05, 3.63) is 84.7 Å². The number of esters is 2. The molecule has 0 aromatic heterocycles. The highest BCUT2D eigenvalue weighted by Crippen LogP contribution is 2.20. The SMILES string of the molecule is C=CC(=O)Oc1ccc(/C=C/c2ccc(OC(=O)C=C)cc2F)cc1. The molecule has 0 saturated heterocycles. The van der Waals surface area contributed by atoms with E-state index in [0.717, 1.165) is 23.8 Å².